The Morgan fingerprint density at radius 1 is 1.25 bits per heavy atom. The topological polar surface area (TPSA) is 69.9 Å². The SMILES string of the molecule is Cn1ncc(-c2cc(N)c(F)c(F)c2)c1N. The van der Waals surface area contributed by atoms with Gasteiger partial charge in [0.15, 0.2) is 11.6 Å². The van der Waals surface area contributed by atoms with E-state index in [9.17, 15) is 8.78 Å². The number of aromatic nitrogens is 2. The van der Waals surface area contributed by atoms with E-state index in [-0.39, 0.29) is 5.69 Å². The summed E-state index contributed by atoms with van der Waals surface area (Å²) in [6.45, 7) is 0. The molecule has 2 rings (SSSR count). The number of benzene rings is 1. The van der Waals surface area contributed by atoms with Gasteiger partial charge in [-0.1, -0.05) is 0 Å². The summed E-state index contributed by atoms with van der Waals surface area (Å²) >= 11 is 0. The minimum Gasteiger partial charge on any atom is -0.396 e. The summed E-state index contributed by atoms with van der Waals surface area (Å²) < 4.78 is 27.6. The van der Waals surface area contributed by atoms with E-state index < -0.39 is 11.6 Å². The number of rotatable bonds is 1. The fourth-order valence-corrected chi connectivity index (χ4v) is 1.44. The number of halogens is 2. The third-order valence-corrected chi connectivity index (χ3v) is 2.35. The molecule has 0 radical (unpaired) electrons. The second-order valence-electron chi connectivity index (χ2n) is 3.43. The molecule has 0 amide bonds. The second-order valence-corrected chi connectivity index (χ2v) is 3.43. The molecule has 0 unspecified atom stereocenters. The van der Waals surface area contributed by atoms with Crippen LogP contribution in [0.2, 0.25) is 0 Å². The monoisotopic (exact) mass is 224 g/mol. The number of nitrogens with zero attached hydrogens (tertiary/aromatic N) is 2. The zero-order valence-electron chi connectivity index (χ0n) is 8.54. The molecule has 2 aromatic rings. The van der Waals surface area contributed by atoms with Crippen LogP contribution in [0.5, 0.6) is 0 Å². The normalized spacial score (nSPS) is 10.7. The van der Waals surface area contributed by atoms with Crippen LogP contribution >= 0.6 is 0 Å². The molecule has 0 fully saturated rings. The van der Waals surface area contributed by atoms with Crippen molar-refractivity contribution < 1.29 is 8.78 Å². The van der Waals surface area contributed by atoms with Gasteiger partial charge in [-0.15, -0.1) is 0 Å². The summed E-state index contributed by atoms with van der Waals surface area (Å²) in [7, 11) is 1.65. The lowest BCUT2D eigenvalue weighted by molar-refractivity contribution is 0.512. The summed E-state index contributed by atoms with van der Waals surface area (Å²) in [5, 5.41) is 3.91. The first-order valence-electron chi connectivity index (χ1n) is 4.53. The molecular formula is C10H10F2N4. The molecular weight excluding hydrogens is 214 g/mol. The fraction of sp³-hybridized carbons (Fsp3) is 0.100. The molecule has 6 heteroatoms. The Balaban J connectivity index is 2.61. The van der Waals surface area contributed by atoms with E-state index in [1.807, 2.05) is 0 Å². The van der Waals surface area contributed by atoms with E-state index in [2.05, 4.69) is 5.10 Å². The fourth-order valence-electron chi connectivity index (χ4n) is 1.44. The largest absolute Gasteiger partial charge is 0.396 e. The third kappa shape index (κ3) is 1.48. The Morgan fingerprint density at radius 3 is 2.44 bits per heavy atom. The Morgan fingerprint density at radius 2 is 1.94 bits per heavy atom. The van der Waals surface area contributed by atoms with Gasteiger partial charge < -0.3 is 11.5 Å². The molecule has 0 aliphatic rings. The summed E-state index contributed by atoms with van der Waals surface area (Å²) in [6.07, 6.45) is 1.47. The van der Waals surface area contributed by atoms with Crippen molar-refractivity contribution in [3.05, 3.63) is 30.0 Å². The lowest BCUT2D eigenvalue weighted by Gasteiger charge is -2.04. The molecule has 4 N–H and O–H groups in total. The number of aryl methyl sites for hydroxylation is 1. The van der Waals surface area contributed by atoms with Gasteiger partial charge >= 0.3 is 0 Å². The smallest absolute Gasteiger partial charge is 0.181 e. The molecule has 0 saturated heterocycles. The summed E-state index contributed by atoms with van der Waals surface area (Å²) in [6, 6.07) is 2.37. The van der Waals surface area contributed by atoms with Crippen LogP contribution in [0.3, 0.4) is 0 Å². The number of hydrogen-bond acceptors (Lipinski definition) is 3. The van der Waals surface area contributed by atoms with Gasteiger partial charge in [-0.3, -0.25) is 4.68 Å². The standard InChI is InChI=1S/C10H10F2N4/c1-16-10(14)6(4-15-16)5-2-7(11)9(12)8(13)3-5/h2-4H,13-14H2,1H3. The maximum absolute atomic E-state index is 13.1. The van der Waals surface area contributed by atoms with Crippen molar-refractivity contribution in [2.45, 2.75) is 0 Å². The highest BCUT2D eigenvalue weighted by atomic mass is 19.2. The predicted molar refractivity (Wildman–Crippen MR) is 57.4 cm³/mol. The van der Waals surface area contributed by atoms with E-state index in [1.54, 1.807) is 7.05 Å². The van der Waals surface area contributed by atoms with E-state index in [0.29, 0.717) is 16.9 Å². The lowest BCUT2D eigenvalue weighted by Crippen LogP contribution is -1.99. The van der Waals surface area contributed by atoms with Crippen LogP contribution in [0.25, 0.3) is 11.1 Å². The highest BCUT2D eigenvalue weighted by molar-refractivity contribution is 5.75. The molecule has 0 aliphatic heterocycles. The number of anilines is 2. The average molecular weight is 224 g/mol. The summed E-state index contributed by atoms with van der Waals surface area (Å²) in [5.41, 5.74) is 11.7. The zero-order valence-corrected chi connectivity index (χ0v) is 8.54. The van der Waals surface area contributed by atoms with Crippen LogP contribution in [-0.2, 0) is 7.05 Å². The predicted octanol–water partition coefficient (Wildman–Crippen LogP) is 1.53. The molecule has 1 heterocycles. The lowest BCUT2D eigenvalue weighted by atomic mass is 10.1. The molecule has 84 valence electrons. The van der Waals surface area contributed by atoms with E-state index in [1.165, 1.54) is 16.9 Å². The van der Waals surface area contributed by atoms with E-state index in [4.69, 9.17) is 11.5 Å². The van der Waals surface area contributed by atoms with Crippen molar-refractivity contribution in [3.63, 3.8) is 0 Å². The molecule has 0 bridgehead atoms. The maximum atomic E-state index is 13.1. The molecule has 0 aliphatic carbocycles. The van der Waals surface area contributed by atoms with Crippen molar-refractivity contribution in [1.29, 1.82) is 0 Å². The van der Waals surface area contributed by atoms with Crippen LogP contribution in [-0.4, -0.2) is 9.78 Å². The average Bonchev–Trinajstić information content (AvgIpc) is 2.56. The van der Waals surface area contributed by atoms with Crippen LogP contribution in [0.15, 0.2) is 18.3 Å². The molecule has 1 aromatic carbocycles. The molecule has 0 atom stereocenters. The highest BCUT2D eigenvalue weighted by Gasteiger charge is 2.13. The third-order valence-electron chi connectivity index (χ3n) is 2.35. The minimum atomic E-state index is -1.05. The van der Waals surface area contributed by atoms with E-state index >= 15 is 0 Å². The number of nitrogen functional groups attached to an aromatic ring is 2. The minimum absolute atomic E-state index is 0.252. The Kier molecular flexibility index (Phi) is 2.26. The molecule has 0 saturated carbocycles. The first-order chi connectivity index (χ1) is 7.50. The summed E-state index contributed by atoms with van der Waals surface area (Å²) in [5.74, 6) is -1.69. The number of nitrogens with two attached hydrogens (primary N) is 2. The van der Waals surface area contributed by atoms with Gasteiger partial charge in [-0.25, -0.2) is 8.78 Å². The van der Waals surface area contributed by atoms with Crippen molar-refractivity contribution in [2.24, 2.45) is 7.05 Å². The molecule has 16 heavy (non-hydrogen) atoms. The van der Waals surface area contributed by atoms with Gasteiger partial charge in [0.1, 0.15) is 5.82 Å². The van der Waals surface area contributed by atoms with Gasteiger partial charge in [0, 0.05) is 12.6 Å². The Bertz CT molecular complexity index is 525. The Labute approximate surface area is 90.5 Å². The van der Waals surface area contributed by atoms with Gasteiger partial charge in [-0.2, -0.15) is 5.10 Å². The number of hydrogen-bond donors (Lipinski definition) is 2. The van der Waals surface area contributed by atoms with Crippen molar-refractivity contribution in [1.82, 2.24) is 9.78 Å². The van der Waals surface area contributed by atoms with E-state index in [0.717, 1.165) is 6.07 Å². The van der Waals surface area contributed by atoms with Gasteiger partial charge in [0.2, 0.25) is 0 Å². The highest BCUT2D eigenvalue weighted by Crippen LogP contribution is 2.29. The molecule has 1 aromatic heterocycles. The van der Waals surface area contributed by atoms with Crippen LogP contribution < -0.4 is 11.5 Å². The van der Waals surface area contributed by atoms with Crippen molar-refractivity contribution >= 4 is 11.5 Å². The molecule has 4 nitrogen and oxygen atoms in total. The zero-order chi connectivity index (χ0) is 11.9. The van der Waals surface area contributed by atoms with Crippen LogP contribution in [0.1, 0.15) is 0 Å². The van der Waals surface area contributed by atoms with Gasteiger partial charge in [-0.05, 0) is 17.7 Å². The van der Waals surface area contributed by atoms with Crippen LogP contribution in [0, 0.1) is 11.6 Å². The van der Waals surface area contributed by atoms with Gasteiger partial charge in [0.05, 0.1) is 11.9 Å². The molecule has 0 spiro atoms. The first kappa shape index (κ1) is 10.4. The Hall–Kier alpha value is -2.11. The maximum Gasteiger partial charge on any atom is 0.181 e. The van der Waals surface area contributed by atoms with Crippen molar-refractivity contribution in [2.75, 3.05) is 11.5 Å². The second kappa shape index (κ2) is 3.48. The summed E-state index contributed by atoms with van der Waals surface area (Å²) in [4.78, 5) is 0. The van der Waals surface area contributed by atoms with Crippen molar-refractivity contribution in [3.8, 4) is 11.1 Å². The quantitative estimate of drug-likeness (QED) is 0.721. The van der Waals surface area contributed by atoms with Gasteiger partial charge in [0.25, 0.3) is 0 Å². The van der Waals surface area contributed by atoms with Crippen LogP contribution in [0.4, 0.5) is 20.3 Å². The first-order valence-corrected chi connectivity index (χ1v) is 4.53.